The fraction of sp³-hybridized carbons (Fsp3) is 0. The number of nitrogen functional groups attached to an aromatic ring is 1. The van der Waals surface area contributed by atoms with Crippen molar-refractivity contribution in [3.63, 3.8) is 0 Å². The minimum Gasteiger partial charge on any atom is -0.397 e. The molecule has 0 aliphatic rings. The van der Waals surface area contributed by atoms with Gasteiger partial charge in [0.05, 0.1) is 23.1 Å². The summed E-state index contributed by atoms with van der Waals surface area (Å²) >= 11 is 0. The highest BCUT2D eigenvalue weighted by Gasteiger charge is 2.01. The van der Waals surface area contributed by atoms with Crippen LogP contribution in [0.15, 0.2) is 42.6 Å². The summed E-state index contributed by atoms with van der Waals surface area (Å²) in [7, 11) is 0. The molecule has 4 nitrogen and oxygen atoms in total. The van der Waals surface area contributed by atoms with Crippen LogP contribution in [0.1, 0.15) is 5.56 Å². The highest BCUT2D eigenvalue weighted by Crippen LogP contribution is 2.18. The lowest BCUT2D eigenvalue weighted by molar-refractivity contribution is 1.31. The first-order chi connectivity index (χ1) is 7.79. The smallest absolute Gasteiger partial charge is 0.130 e. The molecule has 0 unspecified atom stereocenters. The predicted molar refractivity (Wildman–Crippen MR) is 63.1 cm³/mol. The molecule has 0 aliphatic carbocycles. The molecule has 1 aromatic carbocycles. The first kappa shape index (κ1) is 9.99. The number of pyridine rings is 1. The number of nitrogens with one attached hydrogen (secondary N) is 1. The van der Waals surface area contributed by atoms with E-state index in [4.69, 9.17) is 11.0 Å². The van der Waals surface area contributed by atoms with Gasteiger partial charge in [0.15, 0.2) is 0 Å². The molecular weight excluding hydrogens is 200 g/mol. The average molecular weight is 210 g/mol. The summed E-state index contributed by atoms with van der Waals surface area (Å²) in [5.41, 5.74) is 7.47. The van der Waals surface area contributed by atoms with Crippen molar-refractivity contribution in [2.24, 2.45) is 0 Å². The van der Waals surface area contributed by atoms with Crippen LogP contribution in [-0.2, 0) is 0 Å². The van der Waals surface area contributed by atoms with Crippen molar-refractivity contribution in [1.82, 2.24) is 4.98 Å². The van der Waals surface area contributed by atoms with E-state index in [0.29, 0.717) is 17.1 Å². The van der Waals surface area contributed by atoms with E-state index < -0.39 is 0 Å². The summed E-state index contributed by atoms with van der Waals surface area (Å²) in [6.07, 6.45) is 1.57. The molecule has 1 heterocycles. The Kier molecular flexibility index (Phi) is 2.70. The summed E-state index contributed by atoms with van der Waals surface area (Å²) in [5, 5.41) is 12.0. The van der Waals surface area contributed by atoms with Crippen LogP contribution >= 0.6 is 0 Å². The van der Waals surface area contributed by atoms with Crippen LogP contribution < -0.4 is 11.1 Å². The standard InChI is InChI=1S/C12H10N4/c13-7-9-3-1-2-4-11(9)16-12-6-5-10(14)8-15-12/h1-6,8H,14H2,(H,15,16). The van der Waals surface area contributed by atoms with Gasteiger partial charge in [-0.25, -0.2) is 4.98 Å². The number of nitrogens with two attached hydrogens (primary N) is 1. The molecule has 0 atom stereocenters. The molecule has 2 rings (SSSR count). The second-order valence-corrected chi connectivity index (χ2v) is 3.26. The molecule has 0 saturated carbocycles. The lowest BCUT2D eigenvalue weighted by atomic mass is 10.2. The van der Waals surface area contributed by atoms with Crippen LogP contribution in [-0.4, -0.2) is 4.98 Å². The number of hydrogen-bond donors (Lipinski definition) is 2. The summed E-state index contributed by atoms with van der Waals surface area (Å²) < 4.78 is 0. The number of benzene rings is 1. The Labute approximate surface area is 93.4 Å². The zero-order valence-electron chi connectivity index (χ0n) is 8.51. The fourth-order valence-corrected chi connectivity index (χ4v) is 1.31. The lowest BCUT2D eigenvalue weighted by Gasteiger charge is -2.06. The summed E-state index contributed by atoms with van der Waals surface area (Å²) in [4.78, 5) is 4.10. The minimum atomic E-state index is 0.584. The lowest BCUT2D eigenvalue weighted by Crippen LogP contribution is -1.96. The maximum absolute atomic E-state index is 8.91. The topological polar surface area (TPSA) is 74.7 Å². The van der Waals surface area contributed by atoms with Crippen LogP contribution in [0, 0.1) is 11.3 Å². The quantitative estimate of drug-likeness (QED) is 0.797. The highest BCUT2D eigenvalue weighted by molar-refractivity contribution is 5.64. The van der Waals surface area contributed by atoms with Crippen molar-refractivity contribution >= 4 is 17.2 Å². The van der Waals surface area contributed by atoms with Gasteiger partial charge < -0.3 is 11.1 Å². The molecule has 3 N–H and O–H groups in total. The highest BCUT2D eigenvalue weighted by atomic mass is 15.0. The Balaban J connectivity index is 2.27. The number of para-hydroxylation sites is 1. The Morgan fingerprint density at radius 2 is 2.00 bits per heavy atom. The van der Waals surface area contributed by atoms with Gasteiger partial charge in [-0.1, -0.05) is 12.1 Å². The summed E-state index contributed by atoms with van der Waals surface area (Å²) in [5.74, 6) is 0.664. The van der Waals surface area contributed by atoms with Crippen LogP contribution in [0.25, 0.3) is 0 Å². The zero-order valence-corrected chi connectivity index (χ0v) is 8.51. The predicted octanol–water partition coefficient (Wildman–Crippen LogP) is 2.28. The van der Waals surface area contributed by atoms with Crippen molar-refractivity contribution in [3.05, 3.63) is 48.2 Å². The van der Waals surface area contributed by atoms with E-state index >= 15 is 0 Å². The normalized spacial score (nSPS) is 9.44. The number of nitrogens with zero attached hydrogens (tertiary/aromatic N) is 2. The second-order valence-electron chi connectivity index (χ2n) is 3.26. The number of nitriles is 1. The molecule has 1 aromatic heterocycles. The van der Waals surface area contributed by atoms with E-state index in [2.05, 4.69) is 16.4 Å². The van der Waals surface area contributed by atoms with Gasteiger partial charge in [-0.15, -0.1) is 0 Å². The maximum Gasteiger partial charge on any atom is 0.130 e. The van der Waals surface area contributed by atoms with Gasteiger partial charge in [0.2, 0.25) is 0 Å². The minimum absolute atomic E-state index is 0.584. The number of hydrogen-bond acceptors (Lipinski definition) is 4. The maximum atomic E-state index is 8.91. The van der Waals surface area contributed by atoms with Crippen LogP contribution in [0.4, 0.5) is 17.2 Å². The van der Waals surface area contributed by atoms with Gasteiger partial charge in [-0.3, -0.25) is 0 Å². The van der Waals surface area contributed by atoms with E-state index in [1.807, 2.05) is 18.2 Å². The van der Waals surface area contributed by atoms with Gasteiger partial charge in [-0.05, 0) is 24.3 Å². The van der Waals surface area contributed by atoms with Gasteiger partial charge in [0, 0.05) is 0 Å². The molecule has 4 heteroatoms. The third kappa shape index (κ3) is 2.10. The van der Waals surface area contributed by atoms with E-state index in [-0.39, 0.29) is 0 Å². The second kappa shape index (κ2) is 4.32. The SMILES string of the molecule is N#Cc1ccccc1Nc1ccc(N)cn1. The summed E-state index contributed by atoms with van der Waals surface area (Å²) in [6.45, 7) is 0. The molecule has 0 saturated heterocycles. The Morgan fingerprint density at radius 1 is 1.19 bits per heavy atom. The molecule has 0 bridgehead atoms. The van der Waals surface area contributed by atoms with Crippen molar-refractivity contribution in [1.29, 1.82) is 5.26 Å². The third-order valence-electron chi connectivity index (χ3n) is 2.10. The molecule has 16 heavy (non-hydrogen) atoms. The summed E-state index contributed by atoms with van der Waals surface area (Å²) in [6, 6.07) is 12.9. The van der Waals surface area contributed by atoms with E-state index in [9.17, 15) is 0 Å². The third-order valence-corrected chi connectivity index (χ3v) is 2.10. The molecule has 0 aliphatic heterocycles. The monoisotopic (exact) mass is 210 g/mol. The molecule has 0 spiro atoms. The van der Waals surface area contributed by atoms with Crippen LogP contribution in [0.2, 0.25) is 0 Å². The number of aromatic nitrogens is 1. The first-order valence-electron chi connectivity index (χ1n) is 4.77. The van der Waals surface area contributed by atoms with Gasteiger partial charge in [0.1, 0.15) is 11.9 Å². The van der Waals surface area contributed by atoms with Crippen molar-refractivity contribution in [2.75, 3.05) is 11.1 Å². The molecule has 2 aromatic rings. The fourth-order valence-electron chi connectivity index (χ4n) is 1.31. The molecule has 0 amide bonds. The van der Waals surface area contributed by atoms with Crippen molar-refractivity contribution in [3.8, 4) is 6.07 Å². The van der Waals surface area contributed by atoms with Crippen LogP contribution in [0.5, 0.6) is 0 Å². The van der Waals surface area contributed by atoms with Crippen molar-refractivity contribution in [2.45, 2.75) is 0 Å². The Bertz CT molecular complexity index is 525. The first-order valence-corrected chi connectivity index (χ1v) is 4.77. The Hall–Kier alpha value is -2.54. The van der Waals surface area contributed by atoms with Gasteiger partial charge in [0.25, 0.3) is 0 Å². The van der Waals surface area contributed by atoms with Gasteiger partial charge in [-0.2, -0.15) is 5.26 Å². The van der Waals surface area contributed by atoms with E-state index in [0.717, 1.165) is 5.69 Å². The van der Waals surface area contributed by atoms with E-state index in [1.54, 1.807) is 24.4 Å². The Morgan fingerprint density at radius 3 is 2.69 bits per heavy atom. The van der Waals surface area contributed by atoms with Gasteiger partial charge >= 0.3 is 0 Å². The zero-order chi connectivity index (χ0) is 11.4. The largest absolute Gasteiger partial charge is 0.397 e. The number of anilines is 3. The molecular formula is C12H10N4. The molecule has 0 fully saturated rings. The molecule has 78 valence electrons. The van der Waals surface area contributed by atoms with Crippen molar-refractivity contribution < 1.29 is 0 Å². The molecule has 0 radical (unpaired) electrons. The number of rotatable bonds is 2. The van der Waals surface area contributed by atoms with E-state index in [1.165, 1.54) is 0 Å². The van der Waals surface area contributed by atoms with Crippen LogP contribution in [0.3, 0.4) is 0 Å². The average Bonchev–Trinajstić information content (AvgIpc) is 2.33.